The van der Waals surface area contributed by atoms with E-state index < -0.39 is 6.08 Å². The molecule has 0 radical (unpaired) electrons. The summed E-state index contributed by atoms with van der Waals surface area (Å²) in [5.74, 6) is 3.19. The van der Waals surface area contributed by atoms with Crippen LogP contribution >= 0.6 is 0 Å². The third-order valence-electron chi connectivity index (χ3n) is 6.42. The molecule has 2 aliphatic rings. The molecule has 2 saturated carbocycles. The van der Waals surface area contributed by atoms with Crippen LogP contribution in [0.2, 0.25) is 0 Å². The van der Waals surface area contributed by atoms with Crippen LogP contribution in [0, 0.1) is 17.8 Å². The summed E-state index contributed by atoms with van der Waals surface area (Å²) in [5, 5.41) is 0. The molecule has 1 aromatic rings. The van der Waals surface area contributed by atoms with Gasteiger partial charge in [-0.3, -0.25) is 0 Å². The maximum absolute atomic E-state index is 12.3. The fourth-order valence-electron chi connectivity index (χ4n) is 4.98. The van der Waals surface area contributed by atoms with E-state index in [0.29, 0.717) is 11.5 Å². The summed E-state index contributed by atoms with van der Waals surface area (Å²) in [5.41, 5.74) is 1.91. The normalized spacial score (nSPS) is 30.0. The summed E-state index contributed by atoms with van der Waals surface area (Å²) in [6.07, 6.45) is 9.85. The van der Waals surface area contributed by atoms with Crippen molar-refractivity contribution < 1.29 is 13.5 Å². The van der Waals surface area contributed by atoms with Gasteiger partial charge in [0.1, 0.15) is 0 Å². The van der Waals surface area contributed by atoms with Crippen molar-refractivity contribution in [2.75, 3.05) is 13.7 Å². The Morgan fingerprint density at radius 2 is 1.48 bits per heavy atom. The zero-order chi connectivity index (χ0) is 17.6. The van der Waals surface area contributed by atoms with E-state index in [1.165, 1.54) is 56.9 Å². The maximum Gasteiger partial charge on any atom is 0.270 e. The van der Waals surface area contributed by atoms with E-state index >= 15 is 0 Å². The van der Waals surface area contributed by atoms with Crippen LogP contribution in [-0.4, -0.2) is 13.7 Å². The molecule has 0 unspecified atom stereocenters. The second-order valence-corrected chi connectivity index (χ2v) is 7.95. The largest absolute Gasteiger partial charge is 0.384 e. The minimum atomic E-state index is -1.63. The topological polar surface area (TPSA) is 9.23 Å². The fourth-order valence-corrected chi connectivity index (χ4v) is 4.98. The molecule has 0 spiro atoms. The molecular formula is C22H30F2O. The molecule has 3 rings (SSSR count). The first-order valence-electron chi connectivity index (χ1n) is 9.77. The van der Waals surface area contributed by atoms with Crippen LogP contribution in [0.1, 0.15) is 68.4 Å². The number of rotatable bonds is 5. The molecule has 3 heteroatoms. The van der Waals surface area contributed by atoms with Crippen LogP contribution in [0.5, 0.6) is 0 Å². The molecule has 0 atom stereocenters. The molecule has 138 valence electrons. The average Bonchev–Trinajstić information content (AvgIpc) is 2.63. The van der Waals surface area contributed by atoms with Crippen molar-refractivity contribution in [3.8, 4) is 0 Å². The second kappa shape index (κ2) is 8.93. The summed E-state index contributed by atoms with van der Waals surface area (Å²) in [6, 6.07) is 7.71. The zero-order valence-corrected chi connectivity index (χ0v) is 15.2. The van der Waals surface area contributed by atoms with Crippen molar-refractivity contribution in [1.82, 2.24) is 0 Å². The van der Waals surface area contributed by atoms with E-state index in [0.717, 1.165) is 30.4 Å². The highest BCUT2D eigenvalue weighted by Crippen LogP contribution is 2.43. The summed E-state index contributed by atoms with van der Waals surface area (Å²) in [7, 11) is 1.81. The van der Waals surface area contributed by atoms with Gasteiger partial charge in [0.05, 0.1) is 0 Å². The van der Waals surface area contributed by atoms with Gasteiger partial charge in [-0.1, -0.05) is 24.3 Å². The Morgan fingerprint density at radius 1 is 0.920 bits per heavy atom. The van der Waals surface area contributed by atoms with Gasteiger partial charge in [-0.15, -0.1) is 0 Å². The van der Waals surface area contributed by atoms with E-state index in [2.05, 4.69) is 0 Å². The number of methoxy groups -OCH3 is 1. The lowest BCUT2D eigenvalue weighted by molar-refractivity contribution is 0.0968. The van der Waals surface area contributed by atoms with Gasteiger partial charge in [0.2, 0.25) is 0 Å². The Kier molecular flexibility index (Phi) is 6.63. The molecule has 0 aromatic heterocycles. The first kappa shape index (κ1) is 18.6. The van der Waals surface area contributed by atoms with Gasteiger partial charge in [0, 0.05) is 19.8 Å². The standard InChI is InChI=1S/C22H30F2O/c1-25-15-17-4-8-19(9-5-17)21-12-10-20(11-13-21)18-6-2-16(3-7-18)14-22(23)24/h2-3,6-7,14,17,19-21H,4-5,8-13,15H2,1H3. The lowest BCUT2D eigenvalue weighted by Gasteiger charge is -2.38. The van der Waals surface area contributed by atoms with Crippen molar-refractivity contribution in [3.05, 3.63) is 41.5 Å². The van der Waals surface area contributed by atoms with E-state index in [1.807, 2.05) is 31.4 Å². The van der Waals surface area contributed by atoms with Gasteiger partial charge < -0.3 is 4.74 Å². The van der Waals surface area contributed by atoms with Gasteiger partial charge in [-0.25, -0.2) is 0 Å². The Labute approximate surface area is 150 Å². The highest BCUT2D eigenvalue weighted by atomic mass is 19.3. The first-order chi connectivity index (χ1) is 12.2. The SMILES string of the molecule is COCC1CCC(C2CCC(c3ccc(C=C(F)F)cc3)CC2)CC1. The van der Waals surface area contributed by atoms with Crippen molar-refractivity contribution >= 4 is 6.08 Å². The smallest absolute Gasteiger partial charge is 0.270 e. The summed E-state index contributed by atoms with van der Waals surface area (Å²) in [4.78, 5) is 0. The second-order valence-electron chi connectivity index (χ2n) is 7.95. The Morgan fingerprint density at radius 3 is 2.00 bits per heavy atom. The quantitative estimate of drug-likeness (QED) is 0.579. The van der Waals surface area contributed by atoms with Crippen molar-refractivity contribution in [1.29, 1.82) is 0 Å². The van der Waals surface area contributed by atoms with Gasteiger partial charge in [-0.2, -0.15) is 8.78 Å². The summed E-state index contributed by atoms with van der Waals surface area (Å²) in [6.45, 7) is 0.928. The van der Waals surface area contributed by atoms with Gasteiger partial charge in [-0.05, 0) is 86.2 Å². The van der Waals surface area contributed by atoms with E-state index in [1.54, 1.807) is 0 Å². The van der Waals surface area contributed by atoms with E-state index in [4.69, 9.17) is 4.74 Å². The van der Waals surface area contributed by atoms with E-state index in [-0.39, 0.29) is 0 Å². The average molecular weight is 348 g/mol. The molecular weight excluding hydrogens is 318 g/mol. The molecule has 0 saturated heterocycles. The van der Waals surface area contributed by atoms with Gasteiger partial charge in [0.25, 0.3) is 6.08 Å². The molecule has 0 aliphatic heterocycles. The Balaban J connectivity index is 1.48. The van der Waals surface area contributed by atoms with Gasteiger partial charge in [0.15, 0.2) is 0 Å². The third-order valence-corrected chi connectivity index (χ3v) is 6.42. The predicted octanol–water partition coefficient (Wildman–Crippen LogP) is 6.65. The molecule has 0 N–H and O–H groups in total. The fraction of sp³-hybridized carbons (Fsp3) is 0.636. The minimum absolute atomic E-state index is 0.588. The molecule has 0 heterocycles. The Bertz CT molecular complexity index is 546. The summed E-state index contributed by atoms with van der Waals surface area (Å²) < 4.78 is 29.9. The van der Waals surface area contributed by atoms with Crippen molar-refractivity contribution in [3.63, 3.8) is 0 Å². The molecule has 0 amide bonds. The predicted molar refractivity (Wildman–Crippen MR) is 98.7 cm³/mol. The van der Waals surface area contributed by atoms with Crippen LogP contribution < -0.4 is 0 Å². The molecule has 25 heavy (non-hydrogen) atoms. The maximum atomic E-state index is 12.3. The highest BCUT2D eigenvalue weighted by molar-refractivity contribution is 5.50. The van der Waals surface area contributed by atoms with Crippen LogP contribution in [0.15, 0.2) is 30.3 Å². The lowest BCUT2D eigenvalue weighted by Crippen LogP contribution is -2.26. The van der Waals surface area contributed by atoms with Crippen LogP contribution in [0.3, 0.4) is 0 Å². The molecule has 2 aliphatic carbocycles. The summed E-state index contributed by atoms with van der Waals surface area (Å²) >= 11 is 0. The first-order valence-corrected chi connectivity index (χ1v) is 9.77. The molecule has 1 nitrogen and oxygen atoms in total. The number of ether oxygens (including phenoxy) is 1. The minimum Gasteiger partial charge on any atom is -0.384 e. The third kappa shape index (κ3) is 5.13. The van der Waals surface area contributed by atoms with Crippen LogP contribution in [-0.2, 0) is 4.74 Å². The van der Waals surface area contributed by atoms with Crippen LogP contribution in [0.4, 0.5) is 8.78 Å². The van der Waals surface area contributed by atoms with Crippen molar-refractivity contribution in [2.45, 2.75) is 57.3 Å². The van der Waals surface area contributed by atoms with Crippen molar-refractivity contribution in [2.24, 2.45) is 17.8 Å². The molecule has 0 bridgehead atoms. The zero-order valence-electron chi connectivity index (χ0n) is 15.2. The van der Waals surface area contributed by atoms with E-state index in [9.17, 15) is 8.78 Å². The highest BCUT2D eigenvalue weighted by Gasteiger charge is 2.31. The lowest BCUT2D eigenvalue weighted by atomic mass is 9.68. The molecule has 1 aromatic carbocycles. The number of benzene rings is 1. The Hall–Kier alpha value is -1.22. The monoisotopic (exact) mass is 348 g/mol. The van der Waals surface area contributed by atoms with Crippen LogP contribution in [0.25, 0.3) is 6.08 Å². The molecule has 2 fully saturated rings. The van der Waals surface area contributed by atoms with Gasteiger partial charge >= 0.3 is 0 Å². The number of hydrogen-bond acceptors (Lipinski definition) is 1. The number of hydrogen-bond donors (Lipinski definition) is 0. The number of halogens is 2.